The maximum atomic E-state index is 12.4. The van der Waals surface area contributed by atoms with Crippen molar-refractivity contribution in [2.24, 2.45) is 0 Å². The zero-order chi connectivity index (χ0) is 19.4. The molecule has 0 bridgehead atoms. The number of nitrogens with zero attached hydrogens (tertiary/aromatic N) is 3. The van der Waals surface area contributed by atoms with E-state index in [1.54, 1.807) is 37.3 Å². The van der Waals surface area contributed by atoms with Crippen molar-refractivity contribution >= 4 is 39.2 Å². The average Bonchev–Trinajstić information content (AvgIpc) is 2.62. The number of sulfonamides is 1. The van der Waals surface area contributed by atoms with Crippen molar-refractivity contribution in [3.63, 3.8) is 0 Å². The third kappa shape index (κ3) is 4.60. The lowest BCUT2D eigenvalue weighted by Gasteiger charge is -2.14. The number of nitrogens with one attached hydrogen (secondary N) is 1. The minimum Gasteiger partial charge on any atom is -0.366 e. The average molecular weight is 402 g/mol. The number of hydrogen-bond acceptors (Lipinski definition) is 5. The molecule has 27 heavy (non-hydrogen) atoms. The molecule has 1 amide bonds. The molecule has 1 aromatic heterocycles. The third-order valence-corrected chi connectivity index (χ3v) is 5.11. The zero-order valence-corrected chi connectivity index (χ0v) is 15.7. The van der Waals surface area contributed by atoms with Crippen LogP contribution in [-0.4, -0.2) is 24.3 Å². The van der Waals surface area contributed by atoms with E-state index in [0.29, 0.717) is 22.0 Å². The Kier molecular flexibility index (Phi) is 5.38. The summed E-state index contributed by atoms with van der Waals surface area (Å²) in [5.74, 6) is -0.528. The summed E-state index contributed by atoms with van der Waals surface area (Å²) in [7, 11) is -3.97. The Morgan fingerprint density at radius 2 is 1.78 bits per heavy atom. The van der Waals surface area contributed by atoms with Gasteiger partial charge in [-0.3, -0.25) is 9.52 Å². The topological polar surface area (TPSA) is 103 Å². The van der Waals surface area contributed by atoms with Crippen molar-refractivity contribution in [3.05, 3.63) is 81.8 Å². The number of rotatable bonds is 5. The lowest BCUT2D eigenvalue weighted by atomic mass is 10.2. The number of carbonyl (C=O) groups excluding carboxylic acids is 1. The second-order valence-corrected chi connectivity index (χ2v) is 7.53. The molecule has 0 radical (unpaired) electrons. The highest BCUT2D eigenvalue weighted by Gasteiger charge is 2.13. The van der Waals surface area contributed by atoms with Crippen LogP contribution < -0.4 is 5.32 Å². The minimum atomic E-state index is -3.97. The molecule has 0 unspecified atom stereocenters. The normalized spacial score (nSPS) is 11.0. The van der Waals surface area contributed by atoms with Gasteiger partial charge in [0.2, 0.25) is 10.0 Å². The number of anilines is 1. The molecule has 0 atom stereocenters. The van der Waals surface area contributed by atoms with Crippen molar-refractivity contribution in [2.75, 3.05) is 5.32 Å². The van der Waals surface area contributed by atoms with Crippen LogP contribution in [0.15, 0.2) is 65.7 Å². The Morgan fingerprint density at radius 3 is 2.44 bits per heavy atom. The van der Waals surface area contributed by atoms with Gasteiger partial charge >= 0.3 is 0 Å². The van der Waals surface area contributed by atoms with E-state index in [1.807, 2.05) is 0 Å². The number of amides is 1. The fourth-order valence-corrected chi connectivity index (χ4v) is 3.30. The van der Waals surface area contributed by atoms with Crippen LogP contribution >= 0.6 is 11.6 Å². The first kappa shape index (κ1) is 18.8. The molecule has 7 nitrogen and oxygen atoms in total. The van der Waals surface area contributed by atoms with E-state index in [4.69, 9.17) is 11.6 Å². The fraction of sp³-hybridized carbons (Fsp3) is 0.0556. The highest BCUT2D eigenvalue weighted by molar-refractivity contribution is 7.94. The van der Waals surface area contributed by atoms with Gasteiger partial charge in [0.25, 0.3) is 5.91 Å². The van der Waals surface area contributed by atoms with Crippen LogP contribution in [0.25, 0.3) is 4.72 Å². The molecule has 9 heteroatoms. The Hall–Kier alpha value is -2.97. The molecular weight excluding hydrogens is 388 g/mol. The Bertz CT molecular complexity index is 1090. The van der Waals surface area contributed by atoms with Crippen LogP contribution in [0.1, 0.15) is 16.1 Å². The summed E-state index contributed by atoms with van der Waals surface area (Å²) < 4.78 is 28.3. The van der Waals surface area contributed by atoms with Gasteiger partial charge in [0.1, 0.15) is 0 Å². The molecule has 0 saturated heterocycles. The molecule has 0 spiro atoms. The van der Waals surface area contributed by atoms with Crippen molar-refractivity contribution in [1.29, 1.82) is 0 Å². The molecule has 1 N–H and O–H groups in total. The smallest absolute Gasteiger partial charge is 0.257 e. The molecule has 138 valence electrons. The van der Waals surface area contributed by atoms with Crippen LogP contribution in [-0.2, 0) is 10.0 Å². The summed E-state index contributed by atoms with van der Waals surface area (Å²) in [6, 6.07) is 13.9. The maximum Gasteiger partial charge on any atom is 0.257 e. The van der Waals surface area contributed by atoms with E-state index in [-0.39, 0.29) is 10.8 Å². The summed E-state index contributed by atoms with van der Waals surface area (Å²) in [6.45, 7) is 1.71. The summed E-state index contributed by atoms with van der Waals surface area (Å²) in [5, 5.41) is 2.99. The lowest BCUT2D eigenvalue weighted by Crippen LogP contribution is -2.12. The van der Waals surface area contributed by atoms with Gasteiger partial charge < -0.3 is 15.3 Å². The third-order valence-electron chi connectivity index (χ3n) is 3.51. The highest BCUT2D eigenvalue weighted by atomic mass is 35.5. The molecule has 2 aromatic carbocycles. The largest absolute Gasteiger partial charge is 0.366 e. The Labute approximate surface area is 161 Å². The van der Waals surface area contributed by atoms with Gasteiger partial charge in [0, 0.05) is 11.6 Å². The van der Waals surface area contributed by atoms with Crippen LogP contribution in [0.2, 0.25) is 5.02 Å². The molecule has 0 aliphatic heterocycles. The van der Waals surface area contributed by atoms with Crippen molar-refractivity contribution in [2.45, 2.75) is 11.8 Å². The van der Waals surface area contributed by atoms with E-state index < -0.39 is 15.9 Å². The molecule has 0 aliphatic rings. The minimum absolute atomic E-state index is 0.0386. The number of benzene rings is 2. The van der Waals surface area contributed by atoms with Crippen LogP contribution in [0, 0.1) is 6.92 Å². The van der Waals surface area contributed by atoms with Gasteiger partial charge in [-0.25, -0.2) is 8.42 Å². The summed E-state index contributed by atoms with van der Waals surface area (Å²) in [4.78, 5) is 20.0. The van der Waals surface area contributed by atoms with E-state index in [9.17, 15) is 13.2 Å². The van der Waals surface area contributed by atoms with E-state index in [0.717, 1.165) is 0 Å². The molecule has 1 heterocycles. The maximum absolute atomic E-state index is 12.4. The molecule has 0 saturated carbocycles. The second-order valence-electron chi connectivity index (χ2n) is 5.52. The molecule has 0 aliphatic carbocycles. The van der Waals surface area contributed by atoms with E-state index in [2.05, 4.69) is 20.0 Å². The lowest BCUT2D eigenvalue weighted by molar-refractivity contribution is 0.102. The van der Waals surface area contributed by atoms with Crippen molar-refractivity contribution in [3.8, 4) is 0 Å². The van der Waals surface area contributed by atoms with Gasteiger partial charge in [-0.2, -0.15) is 0 Å². The number of aryl methyl sites for hydroxylation is 1. The monoisotopic (exact) mass is 401 g/mol. The van der Waals surface area contributed by atoms with Gasteiger partial charge in [-0.05, 0) is 55.2 Å². The van der Waals surface area contributed by atoms with E-state index >= 15 is 0 Å². The first-order valence-corrected chi connectivity index (χ1v) is 9.60. The van der Waals surface area contributed by atoms with Gasteiger partial charge in [0.05, 0.1) is 15.5 Å². The van der Waals surface area contributed by atoms with Crippen molar-refractivity contribution < 1.29 is 13.2 Å². The fourth-order valence-electron chi connectivity index (χ4n) is 2.19. The molecule has 3 aromatic rings. The quantitative estimate of drug-likeness (QED) is 0.693. The van der Waals surface area contributed by atoms with Crippen LogP contribution in [0.4, 0.5) is 11.6 Å². The predicted octanol–water partition coefficient (Wildman–Crippen LogP) is 4.08. The summed E-state index contributed by atoms with van der Waals surface area (Å²) in [6.07, 6.45) is 1.43. The van der Waals surface area contributed by atoms with Gasteiger partial charge in [0.15, 0.2) is 0 Å². The number of halogens is 1. The van der Waals surface area contributed by atoms with Gasteiger partial charge in [-0.15, -0.1) is 0 Å². The Balaban J connectivity index is 1.75. The molecule has 0 fully saturated rings. The van der Waals surface area contributed by atoms with E-state index in [1.165, 1.54) is 30.5 Å². The number of hydrogen-bond donors (Lipinski definition) is 1. The van der Waals surface area contributed by atoms with Crippen LogP contribution in [0.3, 0.4) is 0 Å². The summed E-state index contributed by atoms with van der Waals surface area (Å²) >= 11 is 5.99. The SMILES string of the molecule is Cc1ccnc([N-]S(=O)(=O)c2ccc(NC(=O)c3ccccc3Cl)cc2)n1. The Morgan fingerprint density at radius 1 is 1.07 bits per heavy atom. The molecular formula is C18H14ClN4O3S-. The first-order valence-electron chi connectivity index (χ1n) is 7.79. The number of aromatic nitrogens is 2. The van der Waals surface area contributed by atoms with Crippen LogP contribution in [0.5, 0.6) is 0 Å². The highest BCUT2D eigenvalue weighted by Crippen LogP contribution is 2.25. The molecule has 3 rings (SSSR count). The standard InChI is InChI=1S/C18H15ClN4O3S/c1-12-10-11-20-18(21-12)23-27(25,26)14-8-6-13(7-9-14)22-17(24)15-4-2-3-5-16(15)19/h2-11H,1H3,(H2,20,21,22,23,24)/p-1. The van der Waals surface area contributed by atoms with Gasteiger partial charge in [-0.1, -0.05) is 29.8 Å². The zero-order valence-electron chi connectivity index (χ0n) is 14.1. The first-order chi connectivity index (χ1) is 12.8. The number of carbonyl (C=O) groups is 1. The summed E-state index contributed by atoms with van der Waals surface area (Å²) in [5.41, 5.74) is 1.35. The second kappa shape index (κ2) is 7.73. The predicted molar refractivity (Wildman–Crippen MR) is 103 cm³/mol. The van der Waals surface area contributed by atoms with Crippen molar-refractivity contribution in [1.82, 2.24) is 9.97 Å².